The fourth-order valence-corrected chi connectivity index (χ4v) is 3.12. The summed E-state index contributed by atoms with van der Waals surface area (Å²) in [5, 5.41) is 5.70. The molecule has 4 nitrogen and oxygen atoms in total. The summed E-state index contributed by atoms with van der Waals surface area (Å²) >= 11 is 0. The molecule has 0 aliphatic heterocycles. The second-order valence-corrected chi connectivity index (χ2v) is 7.40. The minimum atomic E-state index is -0.175. The molecular weight excluding hydrogens is 288 g/mol. The van der Waals surface area contributed by atoms with Crippen molar-refractivity contribution >= 4 is 17.5 Å². The molecule has 0 radical (unpaired) electrons. The highest BCUT2D eigenvalue weighted by molar-refractivity contribution is 5.95. The number of nitrogens with one attached hydrogen (secondary N) is 2. The molecule has 23 heavy (non-hydrogen) atoms. The van der Waals surface area contributed by atoms with Crippen molar-refractivity contribution in [3.8, 4) is 0 Å². The monoisotopic (exact) mass is 316 g/mol. The van der Waals surface area contributed by atoms with Crippen LogP contribution < -0.4 is 10.6 Å². The number of benzene rings is 1. The number of anilines is 1. The Morgan fingerprint density at radius 1 is 1.09 bits per heavy atom. The van der Waals surface area contributed by atoms with Crippen molar-refractivity contribution in [2.45, 2.75) is 58.3 Å². The van der Waals surface area contributed by atoms with Gasteiger partial charge in [0.05, 0.1) is 6.54 Å². The van der Waals surface area contributed by atoms with Crippen LogP contribution in [0.1, 0.15) is 58.4 Å². The van der Waals surface area contributed by atoms with E-state index in [9.17, 15) is 9.59 Å². The van der Waals surface area contributed by atoms with Crippen molar-refractivity contribution in [3.63, 3.8) is 0 Å². The fourth-order valence-electron chi connectivity index (χ4n) is 3.12. The van der Waals surface area contributed by atoms with Gasteiger partial charge in [-0.05, 0) is 29.9 Å². The van der Waals surface area contributed by atoms with Crippen LogP contribution >= 0.6 is 0 Å². The summed E-state index contributed by atoms with van der Waals surface area (Å²) in [4.78, 5) is 24.2. The molecule has 1 aliphatic carbocycles. The normalized spacial score (nSPS) is 16.0. The predicted octanol–water partition coefficient (Wildman–Crippen LogP) is 3.62. The van der Waals surface area contributed by atoms with Gasteiger partial charge in [0.25, 0.3) is 0 Å². The molecule has 1 saturated carbocycles. The van der Waals surface area contributed by atoms with E-state index in [1.807, 2.05) is 24.3 Å². The van der Waals surface area contributed by atoms with Crippen LogP contribution in [0.25, 0.3) is 0 Å². The van der Waals surface area contributed by atoms with Crippen LogP contribution in [0.15, 0.2) is 24.3 Å². The van der Waals surface area contributed by atoms with Crippen LogP contribution in [-0.2, 0) is 15.0 Å². The number of amides is 2. The van der Waals surface area contributed by atoms with Crippen molar-refractivity contribution in [2.75, 3.05) is 11.9 Å². The first-order chi connectivity index (χ1) is 10.9. The van der Waals surface area contributed by atoms with Gasteiger partial charge in [0, 0.05) is 11.6 Å². The number of hydrogen-bond acceptors (Lipinski definition) is 2. The smallest absolute Gasteiger partial charge is 0.243 e. The van der Waals surface area contributed by atoms with Crippen LogP contribution in [-0.4, -0.2) is 18.4 Å². The molecule has 126 valence electrons. The summed E-state index contributed by atoms with van der Waals surface area (Å²) < 4.78 is 0. The van der Waals surface area contributed by atoms with E-state index in [-0.39, 0.29) is 29.7 Å². The SMILES string of the molecule is CC(C)(C)c1ccccc1NC(=O)CNC(=O)C1CCCCC1. The third kappa shape index (κ3) is 5.08. The number of rotatable bonds is 4. The second kappa shape index (κ2) is 7.62. The zero-order valence-electron chi connectivity index (χ0n) is 14.4. The zero-order valence-corrected chi connectivity index (χ0v) is 14.4. The molecule has 0 unspecified atom stereocenters. The van der Waals surface area contributed by atoms with Gasteiger partial charge in [-0.25, -0.2) is 0 Å². The Morgan fingerprint density at radius 3 is 2.39 bits per heavy atom. The maximum atomic E-state index is 12.2. The van der Waals surface area contributed by atoms with Crippen LogP contribution in [0, 0.1) is 5.92 Å². The van der Waals surface area contributed by atoms with Gasteiger partial charge in [-0.15, -0.1) is 0 Å². The Kier molecular flexibility index (Phi) is 5.80. The number of carbonyl (C=O) groups excluding carboxylic acids is 2. The molecule has 1 fully saturated rings. The van der Waals surface area contributed by atoms with E-state index in [4.69, 9.17) is 0 Å². The molecule has 4 heteroatoms. The van der Waals surface area contributed by atoms with Gasteiger partial charge in [-0.2, -0.15) is 0 Å². The molecule has 2 N–H and O–H groups in total. The number of para-hydroxylation sites is 1. The standard InChI is InChI=1S/C19H28N2O2/c1-19(2,3)15-11-7-8-12-16(15)21-17(22)13-20-18(23)14-9-5-4-6-10-14/h7-8,11-12,14H,4-6,9-10,13H2,1-3H3,(H,20,23)(H,21,22). The molecule has 0 heterocycles. The van der Waals surface area contributed by atoms with Crippen LogP contribution in [0.2, 0.25) is 0 Å². The molecule has 0 aromatic heterocycles. The molecule has 0 spiro atoms. The van der Waals surface area contributed by atoms with Gasteiger partial charge in [0.2, 0.25) is 11.8 Å². The molecule has 1 aliphatic rings. The highest BCUT2D eigenvalue weighted by Crippen LogP contribution is 2.29. The average molecular weight is 316 g/mol. The summed E-state index contributed by atoms with van der Waals surface area (Å²) in [6.07, 6.45) is 5.33. The molecule has 2 rings (SSSR count). The summed E-state index contributed by atoms with van der Waals surface area (Å²) in [5.74, 6) is -0.0757. The summed E-state index contributed by atoms with van der Waals surface area (Å²) in [7, 11) is 0. The van der Waals surface area contributed by atoms with Gasteiger partial charge in [-0.1, -0.05) is 58.2 Å². The number of hydrogen-bond donors (Lipinski definition) is 2. The summed E-state index contributed by atoms with van der Waals surface area (Å²) in [6, 6.07) is 7.81. The molecular formula is C19H28N2O2. The van der Waals surface area contributed by atoms with Crippen LogP contribution in [0.4, 0.5) is 5.69 Å². The number of carbonyl (C=O) groups is 2. The third-order valence-electron chi connectivity index (χ3n) is 4.41. The Balaban J connectivity index is 1.89. The maximum absolute atomic E-state index is 12.2. The summed E-state index contributed by atoms with van der Waals surface area (Å²) in [6.45, 7) is 6.38. The first-order valence-corrected chi connectivity index (χ1v) is 8.55. The molecule has 0 saturated heterocycles. The predicted molar refractivity (Wildman–Crippen MR) is 93.4 cm³/mol. The van der Waals surface area contributed by atoms with Crippen molar-refractivity contribution < 1.29 is 9.59 Å². The topological polar surface area (TPSA) is 58.2 Å². The highest BCUT2D eigenvalue weighted by atomic mass is 16.2. The molecule has 0 bridgehead atoms. The minimum Gasteiger partial charge on any atom is -0.347 e. The van der Waals surface area contributed by atoms with Crippen LogP contribution in [0.5, 0.6) is 0 Å². The van der Waals surface area contributed by atoms with Crippen molar-refractivity contribution in [3.05, 3.63) is 29.8 Å². The molecule has 2 amide bonds. The molecule has 1 aromatic rings. The summed E-state index contributed by atoms with van der Waals surface area (Å²) in [5.41, 5.74) is 1.86. The Hall–Kier alpha value is -1.84. The third-order valence-corrected chi connectivity index (χ3v) is 4.41. The Bertz CT molecular complexity index is 555. The lowest BCUT2D eigenvalue weighted by atomic mass is 9.86. The zero-order chi connectivity index (χ0) is 16.9. The molecule has 0 atom stereocenters. The largest absolute Gasteiger partial charge is 0.347 e. The van der Waals surface area contributed by atoms with E-state index in [1.54, 1.807) is 0 Å². The molecule has 1 aromatic carbocycles. The van der Waals surface area contributed by atoms with Crippen molar-refractivity contribution in [2.24, 2.45) is 5.92 Å². The fraction of sp³-hybridized carbons (Fsp3) is 0.579. The Morgan fingerprint density at radius 2 is 1.74 bits per heavy atom. The van der Waals surface area contributed by atoms with Gasteiger partial charge in [0.1, 0.15) is 0 Å². The first-order valence-electron chi connectivity index (χ1n) is 8.55. The van der Waals surface area contributed by atoms with Gasteiger partial charge >= 0.3 is 0 Å². The van der Waals surface area contributed by atoms with Crippen molar-refractivity contribution in [1.29, 1.82) is 0 Å². The van der Waals surface area contributed by atoms with Gasteiger partial charge in [-0.3, -0.25) is 9.59 Å². The minimum absolute atomic E-state index is 0.0176. The lowest BCUT2D eigenvalue weighted by Crippen LogP contribution is -2.37. The quantitative estimate of drug-likeness (QED) is 0.891. The van der Waals surface area contributed by atoms with E-state index >= 15 is 0 Å². The van der Waals surface area contributed by atoms with E-state index < -0.39 is 0 Å². The highest BCUT2D eigenvalue weighted by Gasteiger charge is 2.22. The van der Waals surface area contributed by atoms with E-state index in [0.717, 1.165) is 36.9 Å². The van der Waals surface area contributed by atoms with Crippen LogP contribution in [0.3, 0.4) is 0 Å². The lowest BCUT2D eigenvalue weighted by Gasteiger charge is -2.23. The maximum Gasteiger partial charge on any atom is 0.243 e. The van der Waals surface area contributed by atoms with E-state index in [2.05, 4.69) is 31.4 Å². The second-order valence-electron chi connectivity index (χ2n) is 7.40. The van der Waals surface area contributed by atoms with Gasteiger partial charge < -0.3 is 10.6 Å². The van der Waals surface area contributed by atoms with E-state index in [0.29, 0.717) is 0 Å². The van der Waals surface area contributed by atoms with Gasteiger partial charge in [0.15, 0.2) is 0 Å². The van der Waals surface area contributed by atoms with E-state index in [1.165, 1.54) is 6.42 Å². The lowest BCUT2D eigenvalue weighted by molar-refractivity contribution is -0.128. The van der Waals surface area contributed by atoms with Crippen molar-refractivity contribution in [1.82, 2.24) is 5.32 Å². The average Bonchev–Trinajstić information content (AvgIpc) is 2.53. The first kappa shape index (κ1) is 17.5. The Labute approximate surface area is 139 Å².